The van der Waals surface area contributed by atoms with Crippen LogP contribution >= 0.6 is 0 Å². The van der Waals surface area contributed by atoms with Crippen LogP contribution in [0, 0.1) is 0 Å². The van der Waals surface area contributed by atoms with Gasteiger partial charge in [0, 0.05) is 6.04 Å². The fourth-order valence-corrected chi connectivity index (χ4v) is 5.84. The normalized spacial score (nSPS) is 13.0. The van der Waals surface area contributed by atoms with Crippen molar-refractivity contribution in [1.82, 2.24) is 0 Å². The number of phenolic OH excluding ortho intramolecular Hbond substituents is 1. The molecule has 4 heteroatoms. The highest BCUT2D eigenvalue weighted by Crippen LogP contribution is 2.28. The summed E-state index contributed by atoms with van der Waals surface area (Å²) in [5.41, 5.74) is 1.13. The fraction of sp³-hybridized carbons (Fsp3) is 0.182. The number of phenols is 1. The predicted octanol–water partition coefficient (Wildman–Crippen LogP) is 4.78. The molecule has 1 atom stereocenters. The highest BCUT2D eigenvalue weighted by molar-refractivity contribution is 6.83. The van der Waals surface area contributed by atoms with E-state index in [4.69, 9.17) is 8.85 Å². The van der Waals surface area contributed by atoms with Crippen molar-refractivity contribution in [2.75, 3.05) is 0 Å². The number of hydrogen-bond donors (Lipinski definition) is 1. The molecule has 0 aromatic heterocycles. The zero-order valence-corrected chi connectivity index (χ0v) is 16.2. The Hall–Kier alpha value is -2.72. The maximum Gasteiger partial charge on any atom is 0.499 e. The van der Waals surface area contributed by atoms with Crippen molar-refractivity contribution in [1.29, 1.82) is 0 Å². The van der Waals surface area contributed by atoms with Gasteiger partial charge in [-0.25, -0.2) is 0 Å². The van der Waals surface area contributed by atoms with Gasteiger partial charge in [0.1, 0.15) is 17.2 Å². The molecular weight excluding hydrogens is 340 g/mol. The molecule has 0 saturated heterocycles. The standard InChI is InChI=1S/C22H24O3Si/c1-3-18-12-8-10-16-21(18)25-26(4-2,22-17-11-9-15-20(22)23)24-19-13-6-5-7-14-19/h5-17,23H,3-4H2,1-2H3. The number of para-hydroxylation sites is 3. The Morgan fingerprint density at radius 1 is 0.769 bits per heavy atom. The van der Waals surface area contributed by atoms with E-state index in [1.165, 1.54) is 0 Å². The van der Waals surface area contributed by atoms with E-state index in [1.807, 2.05) is 66.7 Å². The summed E-state index contributed by atoms with van der Waals surface area (Å²) < 4.78 is 13.1. The molecule has 0 aliphatic rings. The third-order valence-electron chi connectivity index (χ3n) is 4.43. The summed E-state index contributed by atoms with van der Waals surface area (Å²) in [6.45, 7) is 4.16. The molecule has 134 valence electrons. The van der Waals surface area contributed by atoms with Crippen molar-refractivity contribution in [3.05, 3.63) is 84.4 Å². The first-order chi connectivity index (χ1) is 12.7. The molecule has 0 spiro atoms. The van der Waals surface area contributed by atoms with Crippen LogP contribution in [0.25, 0.3) is 0 Å². The lowest BCUT2D eigenvalue weighted by Crippen LogP contribution is -2.59. The van der Waals surface area contributed by atoms with Gasteiger partial charge in [-0.05, 0) is 36.2 Å². The van der Waals surface area contributed by atoms with Gasteiger partial charge < -0.3 is 14.0 Å². The lowest BCUT2D eigenvalue weighted by molar-refractivity contribution is 0.393. The second-order valence-electron chi connectivity index (χ2n) is 6.10. The lowest BCUT2D eigenvalue weighted by atomic mass is 10.1. The van der Waals surface area contributed by atoms with Gasteiger partial charge in [-0.2, -0.15) is 0 Å². The van der Waals surface area contributed by atoms with Crippen LogP contribution in [-0.4, -0.2) is 13.7 Å². The second-order valence-corrected chi connectivity index (χ2v) is 9.26. The van der Waals surface area contributed by atoms with Crippen LogP contribution < -0.4 is 14.0 Å². The van der Waals surface area contributed by atoms with Gasteiger partial charge in [0.25, 0.3) is 0 Å². The van der Waals surface area contributed by atoms with E-state index in [0.29, 0.717) is 6.04 Å². The number of rotatable bonds is 7. The summed E-state index contributed by atoms with van der Waals surface area (Å²) in [5, 5.41) is 11.3. The third-order valence-corrected chi connectivity index (χ3v) is 7.72. The van der Waals surface area contributed by atoms with Gasteiger partial charge in [-0.1, -0.05) is 68.4 Å². The molecule has 0 aliphatic carbocycles. The van der Waals surface area contributed by atoms with E-state index in [9.17, 15) is 5.11 Å². The first-order valence-electron chi connectivity index (χ1n) is 8.98. The van der Waals surface area contributed by atoms with E-state index in [1.54, 1.807) is 6.07 Å². The summed E-state index contributed by atoms with van der Waals surface area (Å²) in [5.74, 6) is 1.78. The molecule has 0 radical (unpaired) electrons. The average Bonchev–Trinajstić information content (AvgIpc) is 2.69. The number of hydrogen-bond acceptors (Lipinski definition) is 3. The van der Waals surface area contributed by atoms with Crippen LogP contribution in [0.4, 0.5) is 0 Å². The van der Waals surface area contributed by atoms with E-state index >= 15 is 0 Å². The molecule has 3 nitrogen and oxygen atoms in total. The monoisotopic (exact) mass is 364 g/mol. The Morgan fingerprint density at radius 3 is 2.12 bits per heavy atom. The summed E-state index contributed by atoms with van der Waals surface area (Å²) >= 11 is 0. The third kappa shape index (κ3) is 3.75. The summed E-state index contributed by atoms with van der Waals surface area (Å²) in [7, 11) is -2.97. The molecule has 3 aromatic carbocycles. The molecule has 0 saturated carbocycles. The topological polar surface area (TPSA) is 38.7 Å². The minimum atomic E-state index is -2.97. The van der Waals surface area contributed by atoms with Crippen LogP contribution in [-0.2, 0) is 6.42 Å². The SMILES string of the molecule is CCc1ccccc1O[Si](CC)(Oc1ccccc1)c1ccccc1O. The van der Waals surface area contributed by atoms with Crippen LogP contribution in [0.2, 0.25) is 6.04 Å². The maximum absolute atomic E-state index is 10.5. The largest absolute Gasteiger partial charge is 0.509 e. The van der Waals surface area contributed by atoms with E-state index in [0.717, 1.165) is 28.7 Å². The summed E-state index contributed by atoms with van der Waals surface area (Å²) in [6, 6.07) is 25.7. The lowest BCUT2D eigenvalue weighted by Gasteiger charge is -2.32. The Bertz CT molecular complexity index is 851. The van der Waals surface area contributed by atoms with Crippen LogP contribution in [0.15, 0.2) is 78.9 Å². The van der Waals surface area contributed by atoms with Crippen LogP contribution in [0.3, 0.4) is 0 Å². The van der Waals surface area contributed by atoms with Crippen molar-refractivity contribution in [2.24, 2.45) is 0 Å². The van der Waals surface area contributed by atoms with Gasteiger partial charge >= 0.3 is 8.56 Å². The molecule has 3 aromatic rings. The number of aromatic hydroxyl groups is 1. The minimum Gasteiger partial charge on any atom is -0.509 e. The van der Waals surface area contributed by atoms with Crippen molar-refractivity contribution in [2.45, 2.75) is 26.3 Å². The second kappa shape index (κ2) is 8.10. The molecule has 0 fully saturated rings. The van der Waals surface area contributed by atoms with Crippen LogP contribution in [0.5, 0.6) is 17.2 Å². The van der Waals surface area contributed by atoms with Gasteiger partial charge in [0.2, 0.25) is 0 Å². The summed E-state index contributed by atoms with van der Waals surface area (Å²) in [6.07, 6.45) is 0.872. The molecule has 0 aliphatic heterocycles. The summed E-state index contributed by atoms with van der Waals surface area (Å²) in [4.78, 5) is 0. The predicted molar refractivity (Wildman–Crippen MR) is 107 cm³/mol. The molecule has 1 unspecified atom stereocenters. The van der Waals surface area contributed by atoms with Crippen LogP contribution in [0.1, 0.15) is 19.4 Å². The number of benzene rings is 3. The van der Waals surface area contributed by atoms with E-state index in [-0.39, 0.29) is 5.75 Å². The zero-order chi connectivity index (χ0) is 18.4. The Kier molecular flexibility index (Phi) is 5.64. The van der Waals surface area contributed by atoms with Crippen molar-refractivity contribution in [3.8, 4) is 17.2 Å². The van der Waals surface area contributed by atoms with Gasteiger partial charge in [-0.15, -0.1) is 0 Å². The molecule has 26 heavy (non-hydrogen) atoms. The Labute approximate surface area is 156 Å². The van der Waals surface area contributed by atoms with Gasteiger partial charge in [-0.3, -0.25) is 0 Å². The van der Waals surface area contributed by atoms with E-state index < -0.39 is 8.56 Å². The van der Waals surface area contributed by atoms with Crippen molar-refractivity contribution >= 4 is 13.7 Å². The fourth-order valence-electron chi connectivity index (χ4n) is 3.01. The molecule has 0 amide bonds. The van der Waals surface area contributed by atoms with E-state index in [2.05, 4.69) is 19.9 Å². The number of aryl methyl sites for hydroxylation is 1. The highest BCUT2D eigenvalue weighted by atomic mass is 28.4. The Balaban J connectivity index is 2.10. The average molecular weight is 365 g/mol. The molecule has 0 bridgehead atoms. The minimum absolute atomic E-state index is 0.214. The highest BCUT2D eigenvalue weighted by Gasteiger charge is 2.45. The molecular formula is C22H24O3Si. The first kappa shape index (κ1) is 18.1. The first-order valence-corrected chi connectivity index (χ1v) is 11.0. The zero-order valence-electron chi connectivity index (χ0n) is 15.2. The Morgan fingerprint density at radius 2 is 1.42 bits per heavy atom. The van der Waals surface area contributed by atoms with Gasteiger partial charge in [0.05, 0.1) is 5.19 Å². The molecule has 1 N–H and O–H groups in total. The maximum atomic E-state index is 10.5. The smallest absolute Gasteiger partial charge is 0.499 e. The quantitative estimate of drug-likeness (QED) is 0.613. The van der Waals surface area contributed by atoms with Gasteiger partial charge in [0.15, 0.2) is 0 Å². The molecule has 3 rings (SSSR count). The van der Waals surface area contributed by atoms with Crippen molar-refractivity contribution < 1.29 is 14.0 Å². The van der Waals surface area contributed by atoms with Crippen molar-refractivity contribution in [3.63, 3.8) is 0 Å². The molecule has 0 heterocycles.